The molecule has 130 valence electrons. The lowest BCUT2D eigenvalue weighted by Gasteiger charge is -2.41. The number of fused-ring (bicyclic) bond motifs is 5. The van der Waals surface area contributed by atoms with Crippen LogP contribution >= 0.6 is 0 Å². The van der Waals surface area contributed by atoms with Crippen molar-refractivity contribution in [2.45, 2.75) is 52.1 Å². The van der Waals surface area contributed by atoms with Gasteiger partial charge in [-0.2, -0.15) is 0 Å². The third-order valence-electron chi connectivity index (χ3n) is 5.46. The van der Waals surface area contributed by atoms with Crippen molar-refractivity contribution in [2.75, 3.05) is 11.4 Å². The third-order valence-corrected chi connectivity index (χ3v) is 5.46. The number of hydrogen-bond donors (Lipinski definition) is 0. The molecule has 1 atom stereocenters. The summed E-state index contributed by atoms with van der Waals surface area (Å²) in [4.78, 5) is 2.66. The minimum atomic E-state index is 0.427. The summed E-state index contributed by atoms with van der Waals surface area (Å²) >= 11 is 0. The number of anilines is 1. The predicted molar refractivity (Wildman–Crippen MR) is 108 cm³/mol. The summed E-state index contributed by atoms with van der Waals surface area (Å²) in [5, 5.41) is 1.35. The van der Waals surface area contributed by atoms with Gasteiger partial charge in [-0.25, -0.2) is 0 Å². The summed E-state index contributed by atoms with van der Waals surface area (Å²) < 4.78 is 2.60. The average Bonchev–Trinajstić information content (AvgIpc) is 3.04. The van der Waals surface area contributed by atoms with Gasteiger partial charge >= 0.3 is 0 Å². The van der Waals surface area contributed by atoms with E-state index >= 15 is 0 Å². The van der Waals surface area contributed by atoms with E-state index in [1.165, 1.54) is 60.0 Å². The number of rotatable bonds is 6. The fourth-order valence-electron chi connectivity index (χ4n) is 4.21. The van der Waals surface area contributed by atoms with Crippen LogP contribution in [0.5, 0.6) is 0 Å². The molecule has 3 aromatic rings. The van der Waals surface area contributed by atoms with Crippen molar-refractivity contribution in [3.05, 3.63) is 54.6 Å². The Hall–Kier alpha value is -2.22. The molecule has 0 aliphatic carbocycles. The van der Waals surface area contributed by atoms with E-state index in [1.54, 1.807) is 0 Å². The standard InChI is InChI=1S/C23H28N2/c1-3-5-15-23-24(16-6-4-2)21-14-10-8-12-19(21)22-17-18-11-7-9-13-20(18)25(22)23/h7-14,17,23H,3-6,15-16H2,1-2H3. The second kappa shape index (κ2) is 6.95. The van der Waals surface area contributed by atoms with Crippen LogP contribution in [0.25, 0.3) is 22.2 Å². The number of benzene rings is 2. The normalized spacial score (nSPS) is 16.1. The first kappa shape index (κ1) is 16.3. The van der Waals surface area contributed by atoms with Gasteiger partial charge in [-0.05, 0) is 37.5 Å². The molecule has 0 N–H and O–H groups in total. The third kappa shape index (κ3) is 2.74. The minimum absolute atomic E-state index is 0.427. The molecule has 25 heavy (non-hydrogen) atoms. The molecular formula is C23H28N2. The second-order valence-electron chi connectivity index (χ2n) is 7.15. The van der Waals surface area contributed by atoms with Crippen LogP contribution in [0.1, 0.15) is 52.1 Å². The number of aromatic nitrogens is 1. The van der Waals surface area contributed by atoms with Crippen LogP contribution in [0.2, 0.25) is 0 Å². The molecule has 2 heterocycles. The Morgan fingerprint density at radius 2 is 1.64 bits per heavy atom. The first-order chi connectivity index (χ1) is 12.3. The van der Waals surface area contributed by atoms with Gasteiger partial charge in [-0.15, -0.1) is 0 Å². The molecule has 0 spiro atoms. The molecule has 0 amide bonds. The van der Waals surface area contributed by atoms with Crippen LogP contribution in [0.4, 0.5) is 5.69 Å². The van der Waals surface area contributed by atoms with Gasteiger partial charge in [0.25, 0.3) is 0 Å². The van der Waals surface area contributed by atoms with Crippen molar-refractivity contribution < 1.29 is 0 Å². The van der Waals surface area contributed by atoms with Gasteiger partial charge in [0.05, 0.1) is 11.2 Å². The van der Waals surface area contributed by atoms with E-state index in [0.717, 1.165) is 6.54 Å². The second-order valence-corrected chi connectivity index (χ2v) is 7.15. The van der Waals surface area contributed by atoms with Crippen molar-refractivity contribution in [1.29, 1.82) is 0 Å². The molecule has 2 aromatic carbocycles. The van der Waals surface area contributed by atoms with Crippen LogP contribution in [-0.4, -0.2) is 11.1 Å². The van der Waals surface area contributed by atoms with E-state index < -0.39 is 0 Å². The first-order valence-electron chi connectivity index (χ1n) is 9.81. The van der Waals surface area contributed by atoms with Gasteiger partial charge in [-0.3, -0.25) is 0 Å². The van der Waals surface area contributed by atoms with Crippen molar-refractivity contribution in [2.24, 2.45) is 0 Å². The van der Waals surface area contributed by atoms with Crippen LogP contribution in [0.3, 0.4) is 0 Å². The smallest absolute Gasteiger partial charge is 0.106 e. The van der Waals surface area contributed by atoms with Gasteiger partial charge in [0, 0.05) is 23.2 Å². The van der Waals surface area contributed by atoms with Crippen LogP contribution in [0, 0.1) is 0 Å². The topological polar surface area (TPSA) is 8.17 Å². The van der Waals surface area contributed by atoms with Gasteiger partial charge < -0.3 is 9.47 Å². The van der Waals surface area contributed by atoms with E-state index in [4.69, 9.17) is 0 Å². The summed E-state index contributed by atoms with van der Waals surface area (Å²) in [6.07, 6.45) is 6.62. The van der Waals surface area contributed by atoms with Gasteiger partial charge in [0.1, 0.15) is 6.17 Å². The highest BCUT2D eigenvalue weighted by Crippen LogP contribution is 2.45. The fraction of sp³-hybridized carbons (Fsp3) is 0.391. The zero-order valence-electron chi connectivity index (χ0n) is 15.4. The number of nitrogens with zero attached hydrogens (tertiary/aromatic N) is 2. The molecule has 1 aromatic heterocycles. The maximum absolute atomic E-state index is 2.66. The average molecular weight is 332 g/mol. The van der Waals surface area contributed by atoms with Crippen molar-refractivity contribution in [3.63, 3.8) is 0 Å². The molecule has 2 heteroatoms. The highest BCUT2D eigenvalue weighted by atomic mass is 15.3. The maximum atomic E-state index is 2.66. The molecule has 0 bridgehead atoms. The van der Waals surface area contributed by atoms with Gasteiger partial charge in [0.2, 0.25) is 0 Å². The Balaban J connectivity index is 1.92. The van der Waals surface area contributed by atoms with E-state index in [0.29, 0.717) is 6.17 Å². The van der Waals surface area contributed by atoms with E-state index in [2.05, 4.69) is 77.9 Å². The molecule has 0 radical (unpaired) electrons. The summed E-state index contributed by atoms with van der Waals surface area (Å²) in [5.74, 6) is 0. The predicted octanol–water partition coefficient (Wildman–Crippen LogP) is 6.62. The summed E-state index contributed by atoms with van der Waals surface area (Å²) in [5.41, 5.74) is 5.54. The zero-order chi connectivity index (χ0) is 17.2. The minimum Gasteiger partial charge on any atom is -0.350 e. The van der Waals surface area contributed by atoms with Crippen molar-refractivity contribution >= 4 is 16.6 Å². The van der Waals surface area contributed by atoms with Crippen LogP contribution in [-0.2, 0) is 0 Å². The number of para-hydroxylation sites is 2. The molecule has 1 unspecified atom stereocenters. The van der Waals surface area contributed by atoms with E-state index in [1.807, 2.05) is 0 Å². The Kier molecular flexibility index (Phi) is 4.52. The van der Waals surface area contributed by atoms with Gasteiger partial charge in [-0.1, -0.05) is 63.1 Å². The lowest BCUT2D eigenvalue weighted by atomic mass is 10.0. The molecule has 2 nitrogen and oxygen atoms in total. The first-order valence-corrected chi connectivity index (χ1v) is 9.81. The monoisotopic (exact) mass is 332 g/mol. The van der Waals surface area contributed by atoms with Gasteiger partial charge in [0.15, 0.2) is 0 Å². The quantitative estimate of drug-likeness (QED) is 0.492. The Labute approximate surface area is 151 Å². The molecule has 4 rings (SSSR count). The van der Waals surface area contributed by atoms with Crippen LogP contribution < -0.4 is 4.90 Å². The summed E-state index contributed by atoms with van der Waals surface area (Å²) in [7, 11) is 0. The molecule has 1 aliphatic rings. The summed E-state index contributed by atoms with van der Waals surface area (Å²) in [6.45, 7) is 5.71. The number of hydrogen-bond acceptors (Lipinski definition) is 1. The lowest BCUT2D eigenvalue weighted by molar-refractivity contribution is 0.426. The Morgan fingerprint density at radius 3 is 2.48 bits per heavy atom. The maximum Gasteiger partial charge on any atom is 0.106 e. The highest BCUT2D eigenvalue weighted by Gasteiger charge is 2.31. The molecule has 1 aliphatic heterocycles. The number of unbranched alkanes of at least 4 members (excludes halogenated alkanes) is 2. The fourth-order valence-corrected chi connectivity index (χ4v) is 4.21. The zero-order valence-corrected chi connectivity index (χ0v) is 15.4. The molecule has 0 saturated heterocycles. The lowest BCUT2D eigenvalue weighted by Crippen LogP contribution is -2.37. The Bertz CT molecular complexity index is 861. The Morgan fingerprint density at radius 1 is 0.880 bits per heavy atom. The molecule has 0 fully saturated rings. The SMILES string of the molecule is CCCCC1N(CCCC)c2ccccc2-c2cc3ccccc3n21. The van der Waals surface area contributed by atoms with Crippen molar-refractivity contribution in [3.8, 4) is 11.3 Å². The largest absolute Gasteiger partial charge is 0.350 e. The highest BCUT2D eigenvalue weighted by molar-refractivity contribution is 5.92. The molecule has 0 saturated carbocycles. The van der Waals surface area contributed by atoms with E-state index in [9.17, 15) is 0 Å². The van der Waals surface area contributed by atoms with Crippen molar-refractivity contribution in [1.82, 2.24) is 4.57 Å². The molecular weight excluding hydrogens is 304 g/mol. The summed E-state index contributed by atoms with van der Waals surface area (Å²) in [6, 6.07) is 20.2. The van der Waals surface area contributed by atoms with E-state index in [-0.39, 0.29) is 0 Å². The van der Waals surface area contributed by atoms with Crippen LogP contribution in [0.15, 0.2) is 54.6 Å².